The second-order valence-corrected chi connectivity index (χ2v) is 4.80. The summed E-state index contributed by atoms with van der Waals surface area (Å²) < 4.78 is 0. The minimum absolute atomic E-state index is 1.08. The lowest BCUT2D eigenvalue weighted by molar-refractivity contribution is 0.951. The quantitative estimate of drug-likeness (QED) is 0.759. The van der Waals surface area contributed by atoms with E-state index in [2.05, 4.69) is 53.5 Å². The van der Waals surface area contributed by atoms with Crippen LogP contribution >= 0.6 is 0 Å². The Bertz CT molecular complexity index is 555. The van der Waals surface area contributed by atoms with E-state index in [9.17, 15) is 0 Å². The highest BCUT2D eigenvalue weighted by atomic mass is 14.7. The molecule has 0 unspecified atom stereocenters. The molecule has 1 aliphatic heterocycles. The minimum atomic E-state index is 1.08. The number of aliphatic imine (C=N–C) groups is 1. The van der Waals surface area contributed by atoms with Gasteiger partial charge in [-0.3, -0.25) is 4.99 Å². The van der Waals surface area contributed by atoms with Gasteiger partial charge < -0.3 is 0 Å². The standard InChI is InChI=1S/C17H17N/c1-2-5-14(6-3-1)8-9-15-10-11-16-7-4-12-18-17(16)13-15/h1-3,5-6,10-13H,4,7-9H2. The number of hydrogen-bond donors (Lipinski definition) is 0. The summed E-state index contributed by atoms with van der Waals surface area (Å²) >= 11 is 0. The fourth-order valence-corrected chi connectivity index (χ4v) is 2.41. The fourth-order valence-electron chi connectivity index (χ4n) is 2.41. The first-order chi connectivity index (χ1) is 8.92. The number of benzene rings is 2. The van der Waals surface area contributed by atoms with Crippen molar-refractivity contribution in [3.63, 3.8) is 0 Å². The first-order valence-electron chi connectivity index (χ1n) is 6.60. The van der Waals surface area contributed by atoms with Crippen molar-refractivity contribution in [3.05, 3.63) is 65.2 Å². The molecular weight excluding hydrogens is 218 g/mol. The third-order valence-electron chi connectivity index (χ3n) is 3.47. The molecule has 0 N–H and O–H groups in total. The highest BCUT2D eigenvalue weighted by Gasteiger charge is 2.06. The second kappa shape index (κ2) is 5.18. The molecule has 0 aliphatic carbocycles. The van der Waals surface area contributed by atoms with E-state index in [1.807, 2.05) is 6.21 Å². The monoisotopic (exact) mass is 235 g/mol. The summed E-state index contributed by atoms with van der Waals surface area (Å²) in [4.78, 5) is 4.48. The molecule has 0 fully saturated rings. The van der Waals surface area contributed by atoms with Crippen molar-refractivity contribution in [2.75, 3.05) is 0 Å². The number of nitrogens with zero attached hydrogens (tertiary/aromatic N) is 1. The molecule has 0 saturated heterocycles. The average molecular weight is 235 g/mol. The van der Waals surface area contributed by atoms with Gasteiger partial charge in [-0.15, -0.1) is 0 Å². The zero-order valence-corrected chi connectivity index (χ0v) is 10.5. The van der Waals surface area contributed by atoms with Crippen LogP contribution in [0.5, 0.6) is 0 Å². The largest absolute Gasteiger partial charge is 0.261 e. The van der Waals surface area contributed by atoms with Crippen molar-refractivity contribution in [2.45, 2.75) is 25.7 Å². The summed E-state index contributed by atoms with van der Waals surface area (Å²) in [6.07, 6.45) is 6.44. The lowest BCUT2D eigenvalue weighted by atomic mass is 9.99. The van der Waals surface area contributed by atoms with Gasteiger partial charge >= 0.3 is 0 Å². The number of rotatable bonds is 3. The van der Waals surface area contributed by atoms with Crippen LogP contribution in [0.3, 0.4) is 0 Å². The molecule has 2 aromatic carbocycles. The van der Waals surface area contributed by atoms with E-state index >= 15 is 0 Å². The second-order valence-electron chi connectivity index (χ2n) is 4.80. The Morgan fingerprint density at radius 2 is 1.72 bits per heavy atom. The summed E-state index contributed by atoms with van der Waals surface area (Å²) in [5.41, 5.74) is 5.35. The lowest BCUT2D eigenvalue weighted by Crippen LogP contribution is -1.96. The normalized spacial score (nSPS) is 13.3. The topological polar surface area (TPSA) is 12.4 Å². The molecule has 3 rings (SSSR count). The Morgan fingerprint density at radius 3 is 2.61 bits per heavy atom. The van der Waals surface area contributed by atoms with E-state index in [1.54, 1.807) is 0 Å². The maximum atomic E-state index is 4.48. The first-order valence-corrected chi connectivity index (χ1v) is 6.60. The highest BCUT2D eigenvalue weighted by molar-refractivity contribution is 5.69. The van der Waals surface area contributed by atoms with E-state index in [0.717, 1.165) is 25.7 Å². The van der Waals surface area contributed by atoms with Gasteiger partial charge in [-0.1, -0.05) is 42.5 Å². The summed E-state index contributed by atoms with van der Waals surface area (Å²) in [6.45, 7) is 0. The van der Waals surface area contributed by atoms with Crippen LogP contribution in [-0.4, -0.2) is 6.21 Å². The molecule has 1 aliphatic rings. The molecule has 2 aromatic rings. The van der Waals surface area contributed by atoms with Crippen LogP contribution in [0.15, 0.2) is 53.5 Å². The molecule has 0 saturated carbocycles. The van der Waals surface area contributed by atoms with Crippen molar-refractivity contribution in [1.82, 2.24) is 0 Å². The van der Waals surface area contributed by atoms with Gasteiger partial charge in [-0.2, -0.15) is 0 Å². The molecule has 0 amide bonds. The Balaban J connectivity index is 1.72. The van der Waals surface area contributed by atoms with E-state index in [4.69, 9.17) is 0 Å². The molecule has 18 heavy (non-hydrogen) atoms. The fraction of sp³-hybridized carbons (Fsp3) is 0.235. The van der Waals surface area contributed by atoms with Crippen molar-refractivity contribution >= 4 is 11.9 Å². The predicted molar refractivity (Wildman–Crippen MR) is 76.8 cm³/mol. The first kappa shape index (κ1) is 11.2. The summed E-state index contributed by atoms with van der Waals surface area (Å²) in [7, 11) is 0. The zero-order valence-electron chi connectivity index (χ0n) is 10.5. The molecule has 0 radical (unpaired) electrons. The number of aryl methyl sites for hydroxylation is 3. The van der Waals surface area contributed by atoms with Crippen molar-refractivity contribution in [3.8, 4) is 0 Å². The van der Waals surface area contributed by atoms with Crippen LogP contribution in [0.2, 0.25) is 0 Å². The molecule has 0 aromatic heterocycles. The molecule has 0 bridgehead atoms. The van der Waals surface area contributed by atoms with E-state index in [-0.39, 0.29) is 0 Å². The average Bonchev–Trinajstić information content (AvgIpc) is 2.46. The lowest BCUT2D eigenvalue weighted by Gasteiger charge is -2.11. The summed E-state index contributed by atoms with van der Waals surface area (Å²) in [6, 6.07) is 17.4. The van der Waals surface area contributed by atoms with Crippen molar-refractivity contribution in [2.24, 2.45) is 4.99 Å². The van der Waals surface area contributed by atoms with Crippen molar-refractivity contribution < 1.29 is 0 Å². The molecule has 0 spiro atoms. The van der Waals surface area contributed by atoms with Crippen LogP contribution < -0.4 is 0 Å². The summed E-state index contributed by atoms with van der Waals surface area (Å²) in [5, 5.41) is 0. The molecule has 1 heteroatoms. The van der Waals surface area contributed by atoms with Gasteiger partial charge in [0.2, 0.25) is 0 Å². The van der Waals surface area contributed by atoms with Gasteiger partial charge in [0, 0.05) is 6.21 Å². The zero-order chi connectivity index (χ0) is 12.2. The number of fused-ring (bicyclic) bond motifs is 1. The maximum absolute atomic E-state index is 4.48. The molecule has 90 valence electrons. The van der Waals surface area contributed by atoms with Crippen molar-refractivity contribution in [1.29, 1.82) is 0 Å². The molecule has 1 heterocycles. The maximum Gasteiger partial charge on any atom is 0.0660 e. The Labute approximate surface area is 108 Å². The molecular formula is C17H17N. The Morgan fingerprint density at radius 1 is 0.889 bits per heavy atom. The van der Waals surface area contributed by atoms with Gasteiger partial charge in [0.15, 0.2) is 0 Å². The van der Waals surface area contributed by atoms with E-state index in [0.29, 0.717) is 0 Å². The smallest absolute Gasteiger partial charge is 0.0660 e. The Kier molecular flexibility index (Phi) is 3.22. The van der Waals surface area contributed by atoms with Crippen LogP contribution in [0.1, 0.15) is 23.1 Å². The third-order valence-corrected chi connectivity index (χ3v) is 3.47. The third kappa shape index (κ3) is 2.51. The van der Waals surface area contributed by atoms with Gasteiger partial charge in [0.1, 0.15) is 0 Å². The molecule has 0 atom stereocenters. The van der Waals surface area contributed by atoms with Crippen LogP contribution in [0, 0.1) is 0 Å². The highest BCUT2D eigenvalue weighted by Crippen LogP contribution is 2.25. The SMILES string of the molecule is C1=Nc2cc(CCc3ccccc3)ccc2CC1. The van der Waals surface area contributed by atoms with E-state index < -0.39 is 0 Å². The number of hydrogen-bond acceptors (Lipinski definition) is 1. The summed E-state index contributed by atoms with van der Waals surface area (Å²) in [5.74, 6) is 0. The van der Waals surface area contributed by atoms with Gasteiger partial charge in [-0.25, -0.2) is 0 Å². The minimum Gasteiger partial charge on any atom is -0.261 e. The van der Waals surface area contributed by atoms with E-state index in [1.165, 1.54) is 22.4 Å². The predicted octanol–water partition coefficient (Wildman–Crippen LogP) is 4.12. The Hall–Kier alpha value is -1.89. The van der Waals surface area contributed by atoms with Gasteiger partial charge in [0.25, 0.3) is 0 Å². The van der Waals surface area contributed by atoms with Crippen LogP contribution in [0.25, 0.3) is 0 Å². The van der Waals surface area contributed by atoms with Gasteiger partial charge in [0.05, 0.1) is 5.69 Å². The van der Waals surface area contributed by atoms with Crippen LogP contribution in [-0.2, 0) is 19.3 Å². The molecule has 1 nitrogen and oxygen atoms in total. The van der Waals surface area contributed by atoms with Crippen LogP contribution in [0.4, 0.5) is 5.69 Å². The van der Waals surface area contributed by atoms with Gasteiger partial charge in [-0.05, 0) is 48.4 Å².